The molecule has 0 fully saturated rings. The quantitative estimate of drug-likeness (QED) is 0.807. The molecule has 0 aliphatic rings. The van der Waals surface area contributed by atoms with E-state index in [9.17, 15) is 13.2 Å². The van der Waals surface area contributed by atoms with Crippen LogP contribution >= 0.6 is 0 Å². The molecule has 0 unspecified atom stereocenters. The highest BCUT2D eigenvalue weighted by atomic mass is 32.2. The number of carbonyl (C=O) groups is 1. The number of carbonyl (C=O) groups excluding carboxylic acids is 1. The number of sulfone groups is 1. The Morgan fingerprint density at radius 3 is 2.10 bits per heavy atom. The number of benzene rings is 1. The maximum atomic E-state index is 12.2. The molecule has 0 radical (unpaired) electrons. The minimum absolute atomic E-state index is 0.00976. The van der Waals surface area contributed by atoms with E-state index in [-0.39, 0.29) is 17.0 Å². The summed E-state index contributed by atoms with van der Waals surface area (Å²) >= 11 is 0. The van der Waals surface area contributed by atoms with Gasteiger partial charge in [-0.2, -0.15) is 0 Å². The third-order valence-electron chi connectivity index (χ3n) is 3.34. The van der Waals surface area contributed by atoms with E-state index >= 15 is 0 Å². The molecule has 1 aromatic rings. The van der Waals surface area contributed by atoms with Gasteiger partial charge in [0.05, 0.1) is 10.6 Å². The molecule has 0 spiro atoms. The van der Waals surface area contributed by atoms with E-state index in [4.69, 9.17) is 0 Å². The van der Waals surface area contributed by atoms with Gasteiger partial charge < -0.3 is 0 Å². The molecule has 0 saturated carbocycles. The molecule has 0 amide bonds. The number of hydrogen-bond acceptors (Lipinski definition) is 3. The summed E-state index contributed by atoms with van der Waals surface area (Å²) in [7, 11) is -3.28. The van der Waals surface area contributed by atoms with Crippen LogP contribution in [0.25, 0.3) is 0 Å². The van der Waals surface area contributed by atoms with Crippen molar-refractivity contribution in [1.82, 2.24) is 0 Å². The molecule has 20 heavy (non-hydrogen) atoms. The van der Waals surface area contributed by atoms with Crippen molar-refractivity contribution in [3.63, 3.8) is 0 Å². The summed E-state index contributed by atoms with van der Waals surface area (Å²) in [6, 6.07) is 7.06. The molecule has 112 valence electrons. The number of ketones is 1. The summed E-state index contributed by atoms with van der Waals surface area (Å²) in [6.45, 7) is 8.06. The van der Waals surface area contributed by atoms with Crippen LogP contribution in [-0.4, -0.2) is 20.0 Å². The van der Waals surface area contributed by atoms with Crippen molar-refractivity contribution in [2.24, 2.45) is 0 Å². The molecule has 0 aromatic heterocycles. The normalized spacial score (nSPS) is 12.4. The predicted molar refractivity (Wildman–Crippen MR) is 81.7 cm³/mol. The van der Waals surface area contributed by atoms with Crippen LogP contribution in [0.5, 0.6) is 0 Å². The van der Waals surface area contributed by atoms with Crippen LogP contribution in [0.4, 0.5) is 0 Å². The van der Waals surface area contributed by atoms with Crippen molar-refractivity contribution < 1.29 is 13.2 Å². The molecule has 1 aromatic carbocycles. The molecule has 0 saturated heterocycles. The van der Waals surface area contributed by atoms with Crippen LogP contribution in [0, 0.1) is 0 Å². The lowest BCUT2D eigenvalue weighted by Gasteiger charge is -2.19. The number of hydrogen-bond donors (Lipinski definition) is 0. The second-order valence-corrected chi connectivity index (χ2v) is 8.20. The molecule has 0 bridgehead atoms. The zero-order chi connectivity index (χ0) is 15.4. The van der Waals surface area contributed by atoms with Gasteiger partial charge in [0.2, 0.25) is 0 Å². The van der Waals surface area contributed by atoms with Crippen LogP contribution in [0.2, 0.25) is 0 Å². The third kappa shape index (κ3) is 4.75. The van der Waals surface area contributed by atoms with Crippen molar-refractivity contribution in [2.45, 2.75) is 57.3 Å². The van der Waals surface area contributed by atoms with Gasteiger partial charge in [-0.1, -0.05) is 39.8 Å². The lowest BCUT2D eigenvalue weighted by atomic mass is 9.87. The molecule has 3 nitrogen and oxygen atoms in total. The van der Waals surface area contributed by atoms with Crippen molar-refractivity contribution >= 4 is 15.6 Å². The van der Waals surface area contributed by atoms with E-state index in [0.29, 0.717) is 24.2 Å². The Kier molecular flexibility index (Phi) is 5.51. The summed E-state index contributed by atoms with van der Waals surface area (Å²) in [5.41, 5.74) is 1.12. The van der Waals surface area contributed by atoms with Crippen molar-refractivity contribution in [1.29, 1.82) is 0 Å². The Balaban J connectivity index is 2.76. The van der Waals surface area contributed by atoms with Gasteiger partial charge in [0, 0.05) is 12.8 Å². The van der Waals surface area contributed by atoms with E-state index in [1.165, 1.54) is 0 Å². The fraction of sp³-hybridized carbons (Fsp3) is 0.562. The molecule has 0 aliphatic heterocycles. The van der Waals surface area contributed by atoms with E-state index in [1.807, 2.05) is 12.1 Å². The van der Waals surface area contributed by atoms with Crippen LogP contribution in [0.15, 0.2) is 29.2 Å². The van der Waals surface area contributed by atoms with Crippen LogP contribution in [0.1, 0.15) is 52.5 Å². The third-order valence-corrected chi connectivity index (χ3v) is 5.16. The lowest BCUT2D eigenvalue weighted by Crippen LogP contribution is -2.12. The standard InChI is InChI=1S/C16H24O3S/c1-5-14(17)7-6-12-20(18,19)15-10-8-13(9-11-15)16(2,3)4/h8-11H,5-7,12H2,1-4H3. The van der Waals surface area contributed by atoms with Crippen LogP contribution in [-0.2, 0) is 20.0 Å². The molecular formula is C16H24O3S. The smallest absolute Gasteiger partial charge is 0.178 e. The van der Waals surface area contributed by atoms with Crippen LogP contribution in [0.3, 0.4) is 0 Å². The van der Waals surface area contributed by atoms with Gasteiger partial charge in [0.25, 0.3) is 0 Å². The Labute approximate surface area is 122 Å². The Morgan fingerprint density at radius 2 is 1.65 bits per heavy atom. The first-order chi connectivity index (χ1) is 9.16. The highest BCUT2D eigenvalue weighted by Gasteiger charge is 2.17. The first-order valence-electron chi connectivity index (χ1n) is 7.02. The van der Waals surface area contributed by atoms with Gasteiger partial charge >= 0.3 is 0 Å². The summed E-state index contributed by atoms with van der Waals surface area (Å²) in [5.74, 6) is 0.149. The first-order valence-corrected chi connectivity index (χ1v) is 8.67. The van der Waals surface area contributed by atoms with Gasteiger partial charge in [-0.3, -0.25) is 4.79 Å². The zero-order valence-electron chi connectivity index (χ0n) is 12.8. The molecule has 0 N–H and O–H groups in total. The maximum absolute atomic E-state index is 12.2. The topological polar surface area (TPSA) is 51.2 Å². The Morgan fingerprint density at radius 1 is 1.10 bits per heavy atom. The fourth-order valence-corrected chi connectivity index (χ4v) is 3.23. The van der Waals surface area contributed by atoms with Gasteiger partial charge in [-0.15, -0.1) is 0 Å². The van der Waals surface area contributed by atoms with Gasteiger partial charge in [-0.05, 0) is 29.5 Å². The van der Waals surface area contributed by atoms with Crippen molar-refractivity contribution in [3.8, 4) is 0 Å². The summed E-state index contributed by atoms with van der Waals surface area (Å²) < 4.78 is 24.3. The SMILES string of the molecule is CCC(=O)CCCS(=O)(=O)c1ccc(C(C)(C)C)cc1. The first kappa shape index (κ1) is 16.9. The molecule has 0 heterocycles. The maximum Gasteiger partial charge on any atom is 0.178 e. The van der Waals surface area contributed by atoms with Gasteiger partial charge in [0.1, 0.15) is 5.78 Å². The van der Waals surface area contributed by atoms with Crippen molar-refractivity contribution in [3.05, 3.63) is 29.8 Å². The van der Waals surface area contributed by atoms with E-state index < -0.39 is 9.84 Å². The number of rotatable bonds is 6. The highest BCUT2D eigenvalue weighted by molar-refractivity contribution is 7.91. The monoisotopic (exact) mass is 296 g/mol. The summed E-state index contributed by atoms with van der Waals surface area (Å²) in [4.78, 5) is 11.5. The molecule has 1 rings (SSSR count). The zero-order valence-corrected chi connectivity index (χ0v) is 13.6. The largest absolute Gasteiger partial charge is 0.300 e. The second-order valence-electron chi connectivity index (χ2n) is 6.09. The van der Waals surface area contributed by atoms with Crippen molar-refractivity contribution in [2.75, 3.05) is 5.75 Å². The molecular weight excluding hydrogens is 272 g/mol. The van der Waals surface area contributed by atoms with E-state index in [1.54, 1.807) is 19.1 Å². The molecule has 0 atom stereocenters. The van der Waals surface area contributed by atoms with Gasteiger partial charge in [0.15, 0.2) is 9.84 Å². The lowest BCUT2D eigenvalue weighted by molar-refractivity contribution is -0.118. The Bertz CT molecular complexity index is 548. The summed E-state index contributed by atoms with van der Waals surface area (Å²) in [5, 5.41) is 0. The average Bonchev–Trinajstić information content (AvgIpc) is 2.37. The minimum Gasteiger partial charge on any atom is -0.300 e. The molecule has 4 heteroatoms. The average molecular weight is 296 g/mol. The molecule has 0 aliphatic carbocycles. The predicted octanol–water partition coefficient (Wildman–Crippen LogP) is 3.52. The second kappa shape index (κ2) is 6.53. The summed E-state index contributed by atoms with van der Waals surface area (Å²) in [6.07, 6.45) is 1.21. The van der Waals surface area contributed by atoms with Gasteiger partial charge in [-0.25, -0.2) is 8.42 Å². The fourth-order valence-electron chi connectivity index (χ4n) is 1.92. The Hall–Kier alpha value is -1.16. The van der Waals surface area contributed by atoms with Crippen LogP contribution < -0.4 is 0 Å². The minimum atomic E-state index is -3.28. The highest BCUT2D eigenvalue weighted by Crippen LogP contribution is 2.24. The number of Topliss-reactive ketones (excluding diaryl/α,β-unsaturated/α-hetero) is 1. The van der Waals surface area contributed by atoms with E-state index in [2.05, 4.69) is 20.8 Å². The van der Waals surface area contributed by atoms with E-state index in [0.717, 1.165) is 5.56 Å².